The van der Waals surface area contributed by atoms with E-state index in [1.807, 2.05) is 32.0 Å². The standard InChI is InChI=1S/C16H20BrNO2/c1-4-18-16(13-8-9-20-11(13)3)14-7-6-12(19-5-2)10-15(14)17/h6-10,16,18H,4-5H2,1-3H3. The maximum absolute atomic E-state index is 5.53. The zero-order valence-electron chi connectivity index (χ0n) is 12.1. The van der Waals surface area contributed by atoms with Crippen LogP contribution in [-0.2, 0) is 0 Å². The van der Waals surface area contributed by atoms with Gasteiger partial charge in [-0.1, -0.05) is 28.9 Å². The number of benzene rings is 1. The van der Waals surface area contributed by atoms with E-state index in [0.29, 0.717) is 6.61 Å². The van der Waals surface area contributed by atoms with Gasteiger partial charge in [-0.25, -0.2) is 0 Å². The zero-order chi connectivity index (χ0) is 14.5. The molecule has 0 saturated heterocycles. The summed E-state index contributed by atoms with van der Waals surface area (Å²) >= 11 is 3.65. The second-order valence-corrected chi connectivity index (χ2v) is 5.39. The van der Waals surface area contributed by atoms with Crippen LogP contribution < -0.4 is 10.1 Å². The molecule has 0 aliphatic heterocycles. The molecule has 1 aromatic heterocycles. The van der Waals surface area contributed by atoms with Crippen molar-refractivity contribution in [1.29, 1.82) is 0 Å². The molecule has 1 unspecified atom stereocenters. The first kappa shape index (κ1) is 15.1. The summed E-state index contributed by atoms with van der Waals surface area (Å²) < 4.78 is 12.0. The predicted octanol–water partition coefficient (Wildman–Crippen LogP) is 4.45. The molecule has 1 aromatic carbocycles. The third kappa shape index (κ3) is 3.25. The number of rotatable bonds is 6. The van der Waals surface area contributed by atoms with Gasteiger partial charge in [0, 0.05) is 10.0 Å². The van der Waals surface area contributed by atoms with Crippen LogP contribution in [0, 0.1) is 6.92 Å². The minimum absolute atomic E-state index is 0.115. The van der Waals surface area contributed by atoms with Crippen molar-refractivity contribution in [3.8, 4) is 5.75 Å². The molecule has 0 fully saturated rings. The molecule has 2 aromatic rings. The molecule has 0 spiro atoms. The Morgan fingerprint density at radius 2 is 2.05 bits per heavy atom. The van der Waals surface area contributed by atoms with Crippen LogP contribution in [0.3, 0.4) is 0 Å². The molecular formula is C16H20BrNO2. The number of hydrogen-bond acceptors (Lipinski definition) is 3. The molecule has 0 bridgehead atoms. The fourth-order valence-electron chi connectivity index (χ4n) is 2.28. The van der Waals surface area contributed by atoms with Crippen LogP contribution in [0.25, 0.3) is 0 Å². The van der Waals surface area contributed by atoms with Crippen molar-refractivity contribution in [3.63, 3.8) is 0 Å². The molecule has 3 nitrogen and oxygen atoms in total. The van der Waals surface area contributed by atoms with E-state index < -0.39 is 0 Å². The Balaban J connectivity index is 2.37. The summed E-state index contributed by atoms with van der Waals surface area (Å²) in [5.41, 5.74) is 2.34. The van der Waals surface area contributed by atoms with Gasteiger partial charge in [0.25, 0.3) is 0 Å². The van der Waals surface area contributed by atoms with E-state index in [-0.39, 0.29) is 6.04 Å². The minimum Gasteiger partial charge on any atom is -0.494 e. The summed E-state index contributed by atoms with van der Waals surface area (Å²) in [7, 11) is 0. The fourth-order valence-corrected chi connectivity index (χ4v) is 2.87. The maximum atomic E-state index is 5.53. The van der Waals surface area contributed by atoms with Crippen molar-refractivity contribution in [2.45, 2.75) is 26.8 Å². The lowest BCUT2D eigenvalue weighted by Crippen LogP contribution is -2.22. The van der Waals surface area contributed by atoms with Crippen LogP contribution in [0.5, 0.6) is 5.75 Å². The van der Waals surface area contributed by atoms with E-state index in [9.17, 15) is 0 Å². The van der Waals surface area contributed by atoms with Gasteiger partial charge >= 0.3 is 0 Å². The lowest BCUT2D eigenvalue weighted by Gasteiger charge is -2.20. The van der Waals surface area contributed by atoms with Crippen LogP contribution >= 0.6 is 15.9 Å². The third-order valence-electron chi connectivity index (χ3n) is 3.21. The quantitative estimate of drug-likeness (QED) is 0.845. The van der Waals surface area contributed by atoms with E-state index in [1.54, 1.807) is 6.26 Å². The molecule has 0 amide bonds. The van der Waals surface area contributed by atoms with Crippen molar-refractivity contribution in [2.75, 3.05) is 13.2 Å². The Hall–Kier alpha value is -1.26. The molecule has 0 aliphatic carbocycles. The van der Waals surface area contributed by atoms with E-state index >= 15 is 0 Å². The minimum atomic E-state index is 0.115. The number of furan rings is 1. The molecule has 0 radical (unpaired) electrons. The molecule has 2 rings (SSSR count). The highest BCUT2D eigenvalue weighted by Gasteiger charge is 2.19. The van der Waals surface area contributed by atoms with Crippen molar-refractivity contribution in [1.82, 2.24) is 5.32 Å². The third-order valence-corrected chi connectivity index (χ3v) is 3.90. The van der Waals surface area contributed by atoms with Gasteiger partial charge in [0.15, 0.2) is 0 Å². The highest BCUT2D eigenvalue weighted by Crippen LogP contribution is 2.33. The Bertz CT molecular complexity index is 565. The van der Waals surface area contributed by atoms with Crippen molar-refractivity contribution < 1.29 is 9.15 Å². The lowest BCUT2D eigenvalue weighted by molar-refractivity contribution is 0.340. The lowest BCUT2D eigenvalue weighted by atomic mass is 9.99. The average Bonchev–Trinajstić information content (AvgIpc) is 2.83. The number of halogens is 1. The van der Waals surface area contributed by atoms with Crippen molar-refractivity contribution >= 4 is 15.9 Å². The summed E-state index contributed by atoms with van der Waals surface area (Å²) in [6.07, 6.45) is 1.73. The Kier molecular flexibility index (Phi) is 5.26. The van der Waals surface area contributed by atoms with Crippen LogP contribution in [-0.4, -0.2) is 13.2 Å². The second-order valence-electron chi connectivity index (χ2n) is 4.54. The normalized spacial score (nSPS) is 12.4. The van der Waals surface area contributed by atoms with E-state index in [2.05, 4.69) is 34.2 Å². The highest BCUT2D eigenvalue weighted by molar-refractivity contribution is 9.10. The average molecular weight is 338 g/mol. The SMILES string of the molecule is CCNC(c1ccc(OCC)cc1Br)c1ccoc1C. The maximum Gasteiger partial charge on any atom is 0.120 e. The highest BCUT2D eigenvalue weighted by atomic mass is 79.9. The first-order valence-electron chi connectivity index (χ1n) is 6.87. The van der Waals surface area contributed by atoms with Crippen molar-refractivity contribution in [3.05, 3.63) is 51.9 Å². The van der Waals surface area contributed by atoms with Crippen LogP contribution in [0.2, 0.25) is 0 Å². The molecule has 0 aliphatic rings. The van der Waals surface area contributed by atoms with Gasteiger partial charge in [-0.15, -0.1) is 0 Å². The van der Waals surface area contributed by atoms with Crippen molar-refractivity contribution in [2.24, 2.45) is 0 Å². The van der Waals surface area contributed by atoms with E-state index in [1.165, 1.54) is 5.56 Å². The molecule has 0 saturated carbocycles. The van der Waals surface area contributed by atoms with Crippen LogP contribution in [0.1, 0.15) is 36.8 Å². The van der Waals surface area contributed by atoms with Gasteiger partial charge in [-0.2, -0.15) is 0 Å². The Morgan fingerprint density at radius 1 is 1.25 bits per heavy atom. The van der Waals surface area contributed by atoms with Gasteiger partial charge < -0.3 is 14.5 Å². The first-order chi connectivity index (χ1) is 9.67. The smallest absolute Gasteiger partial charge is 0.120 e. The summed E-state index contributed by atoms with van der Waals surface area (Å²) in [5, 5.41) is 3.50. The second kappa shape index (κ2) is 6.95. The molecule has 108 valence electrons. The number of nitrogens with one attached hydrogen (secondary N) is 1. The van der Waals surface area contributed by atoms with E-state index in [4.69, 9.17) is 9.15 Å². The predicted molar refractivity (Wildman–Crippen MR) is 84.3 cm³/mol. The molecule has 1 atom stereocenters. The van der Waals surface area contributed by atoms with E-state index in [0.717, 1.165) is 28.1 Å². The largest absolute Gasteiger partial charge is 0.494 e. The first-order valence-corrected chi connectivity index (χ1v) is 7.66. The van der Waals surface area contributed by atoms with Gasteiger partial charge in [-0.3, -0.25) is 0 Å². The van der Waals surface area contributed by atoms with Gasteiger partial charge in [0.05, 0.1) is 18.9 Å². The van der Waals surface area contributed by atoms with Crippen LogP contribution in [0.4, 0.5) is 0 Å². The summed E-state index contributed by atoms with van der Waals surface area (Å²) in [6.45, 7) is 7.63. The molecule has 4 heteroatoms. The van der Waals surface area contributed by atoms with Gasteiger partial charge in [0.2, 0.25) is 0 Å². The zero-order valence-corrected chi connectivity index (χ0v) is 13.7. The summed E-state index contributed by atoms with van der Waals surface area (Å²) in [5.74, 6) is 1.82. The fraction of sp³-hybridized carbons (Fsp3) is 0.375. The number of aryl methyl sites for hydroxylation is 1. The van der Waals surface area contributed by atoms with Gasteiger partial charge in [-0.05, 0) is 44.2 Å². The molecule has 1 N–H and O–H groups in total. The van der Waals surface area contributed by atoms with Gasteiger partial charge in [0.1, 0.15) is 11.5 Å². The monoisotopic (exact) mass is 337 g/mol. The molecule has 20 heavy (non-hydrogen) atoms. The summed E-state index contributed by atoms with van der Waals surface area (Å²) in [6, 6.07) is 8.24. The summed E-state index contributed by atoms with van der Waals surface area (Å²) in [4.78, 5) is 0. The number of ether oxygens (including phenoxy) is 1. The number of hydrogen-bond donors (Lipinski definition) is 1. The topological polar surface area (TPSA) is 34.4 Å². The Labute approximate surface area is 128 Å². The van der Waals surface area contributed by atoms with Crippen LogP contribution in [0.15, 0.2) is 39.4 Å². The Morgan fingerprint density at radius 3 is 2.60 bits per heavy atom. The molecular weight excluding hydrogens is 318 g/mol. The molecule has 1 heterocycles.